The van der Waals surface area contributed by atoms with E-state index < -0.39 is 11.7 Å². The van der Waals surface area contributed by atoms with Gasteiger partial charge in [0.2, 0.25) is 11.7 Å². The van der Waals surface area contributed by atoms with E-state index in [1.807, 2.05) is 29.6 Å². The van der Waals surface area contributed by atoms with Crippen LogP contribution in [-0.2, 0) is 12.6 Å². The predicted octanol–water partition coefficient (Wildman–Crippen LogP) is 5.48. The molecule has 0 amide bonds. The zero-order valence-electron chi connectivity index (χ0n) is 15.1. The van der Waals surface area contributed by atoms with Gasteiger partial charge in [0.1, 0.15) is 10.8 Å². The van der Waals surface area contributed by atoms with Crippen molar-refractivity contribution >= 4 is 11.3 Å². The Kier molecular flexibility index (Phi) is 5.06. The molecule has 0 aliphatic rings. The van der Waals surface area contributed by atoms with Crippen LogP contribution in [0.15, 0.2) is 58.4 Å². The zero-order chi connectivity index (χ0) is 20.4. The van der Waals surface area contributed by atoms with Crippen molar-refractivity contribution in [3.8, 4) is 28.4 Å². The van der Waals surface area contributed by atoms with E-state index in [1.54, 1.807) is 7.11 Å². The number of ether oxygens (including phenoxy) is 1. The van der Waals surface area contributed by atoms with E-state index in [1.165, 1.54) is 23.5 Å². The van der Waals surface area contributed by atoms with Crippen LogP contribution in [-0.4, -0.2) is 22.2 Å². The van der Waals surface area contributed by atoms with Gasteiger partial charge < -0.3 is 9.26 Å². The minimum atomic E-state index is -4.38. The van der Waals surface area contributed by atoms with Gasteiger partial charge in [-0.05, 0) is 24.3 Å². The summed E-state index contributed by atoms with van der Waals surface area (Å²) in [4.78, 5) is 8.85. The molecule has 0 bridgehead atoms. The smallest absolute Gasteiger partial charge is 0.416 e. The van der Waals surface area contributed by atoms with Crippen molar-refractivity contribution < 1.29 is 22.4 Å². The van der Waals surface area contributed by atoms with Gasteiger partial charge >= 0.3 is 6.18 Å². The fraction of sp³-hybridized carbons (Fsp3) is 0.150. The first kappa shape index (κ1) is 19.1. The van der Waals surface area contributed by atoms with Crippen molar-refractivity contribution in [2.24, 2.45) is 0 Å². The second-order valence-corrected chi connectivity index (χ2v) is 7.06. The Hall–Kier alpha value is -3.20. The van der Waals surface area contributed by atoms with Gasteiger partial charge in [-0.1, -0.05) is 29.4 Å². The molecule has 5 nitrogen and oxygen atoms in total. The summed E-state index contributed by atoms with van der Waals surface area (Å²) in [7, 11) is 1.61. The van der Waals surface area contributed by atoms with E-state index in [4.69, 9.17) is 9.26 Å². The van der Waals surface area contributed by atoms with Crippen LogP contribution in [0.25, 0.3) is 22.6 Å². The highest BCUT2D eigenvalue weighted by molar-refractivity contribution is 7.10. The van der Waals surface area contributed by atoms with Crippen molar-refractivity contribution in [1.82, 2.24) is 15.1 Å². The number of methoxy groups -OCH3 is 1. The molecule has 29 heavy (non-hydrogen) atoms. The number of halogens is 3. The van der Waals surface area contributed by atoms with Gasteiger partial charge in [-0.3, -0.25) is 0 Å². The lowest BCUT2D eigenvalue weighted by Crippen LogP contribution is -2.04. The molecule has 0 saturated heterocycles. The summed E-state index contributed by atoms with van der Waals surface area (Å²) in [6.45, 7) is 0. The SMILES string of the molecule is COc1cccc(-c2csc(Cc3nc(-c4ccc(C(F)(F)F)cc4)no3)n2)c1. The molecule has 0 N–H and O–H groups in total. The number of thiazole rings is 1. The minimum Gasteiger partial charge on any atom is -0.497 e. The lowest BCUT2D eigenvalue weighted by Gasteiger charge is -2.05. The average molecular weight is 417 g/mol. The minimum absolute atomic E-state index is 0.235. The summed E-state index contributed by atoms with van der Waals surface area (Å²) < 4.78 is 48.5. The maximum atomic E-state index is 12.7. The zero-order valence-corrected chi connectivity index (χ0v) is 15.9. The fourth-order valence-electron chi connectivity index (χ4n) is 2.69. The first-order valence-electron chi connectivity index (χ1n) is 8.51. The van der Waals surface area contributed by atoms with Crippen LogP contribution in [0.2, 0.25) is 0 Å². The van der Waals surface area contributed by atoms with Crippen LogP contribution in [0.3, 0.4) is 0 Å². The third-order valence-electron chi connectivity index (χ3n) is 4.16. The number of nitrogens with zero attached hydrogens (tertiary/aromatic N) is 3. The second kappa shape index (κ2) is 7.67. The number of hydrogen-bond donors (Lipinski definition) is 0. The van der Waals surface area contributed by atoms with E-state index >= 15 is 0 Å². The maximum Gasteiger partial charge on any atom is 0.416 e. The molecule has 0 fully saturated rings. The van der Waals surface area contributed by atoms with Crippen LogP contribution in [0.5, 0.6) is 5.75 Å². The number of alkyl halides is 3. The first-order chi connectivity index (χ1) is 13.9. The molecule has 0 unspecified atom stereocenters. The van der Waals surface area contributed by atoms with Gasteiger partial charge in [0.25, 0.3) is 0 Å². The lowest BCUT2D eigenvalue weighted by molar-refractivity contribution is -0.137. The molecule has 0 radical (unpaired) electrons. The highest BCUT2D eigenvalue weighted by atomic mass is 32.1. The Bertz CT molecular complexity index is 1120. The van der Waals surface area contributed by atoms with Crippen LogP contribution in [0.1, 0.15) is 16.5 Å². The largest absolute Gasteiger partial charge is 0.497 e. The monoisotopic (exact) mass is 417 g/mol. The third kappa shape index (κ3) is 4.29. The normalized spacial score (nSPS) is 11.6. The van der Waals surface area contributed by atoms with Crippen molar-refractivity contribution in [2.45, 2.75) is 12.6 Å². The molecule has 2 aromatic heterocycles. The Morgan fingerprint density at radius 1 is 1.03 bits per heavy atom. The van der Waals surface area contributed by atoms with Crippen LogP contribution in [0, 0.1) is 0 Å². The Balaban J connectivity index is 1.49. The maximum absolute atomic E-state index is 12.7. The molecule has 0 atom stereocenters. The van der Waals surface area contributed by atoms with Gasteiger partial charge in [0, 0.05) is 16.5 Å². The number of rotatable bonds is 5. The standard InChI is InChI=1S/C20H14F3N3O2S/c1-27-15-4-2-3-13(9-15)16-11-29-18(24-16)10-17-25-19(26-28-17)12-5-7-14(8-6-12)20(21,22)23/h2-9,11H,10H2,1H3. The molecule has 2 heterocycles. The van der Waals surface area contributed by atoms with Crippen LogP contribution in [0.4, 0.5) is 13.2 Å². The molecular formula is C20H14F3N3O2S. The molecule has 148 valence electrons. The molecule has 0 saturated carbocycles. The lowest BCUT2D eigenvalue weighted by atomic mass is 10.1. The third-order valence-corrected chi connectivity index (χ3v) is 5.01. The van der Waals surface area contributed by atoms with Gasteiger partial charge in [-0.15, -0.1) is 11.3 Å². The predicted molar refractivity (Wildman–Crippen MR) is 102 cm³/mol. The van der Waals surface area contributed by atoms with E-state index in [2.05, 4.69) is 15.1 Å². The van der Waals surface area contributed by atoms with Crippen molar-refractivity contribution in [1.29, 1.82) is 0 Å². The Morgan fingerprint density at radius 3 is 2.55 bits per heavy atom. The molecule has 9 heteroatoms. The number of hydrogen-bond acceptors (Lipinski definition) is 6. The van der Waals surface area contributed by atoms with Crippen molar-refractivity contribution in [2.75, 3.05) is 7.11 Å². The van der Waals surface area contributed by atoms with Gasteiger partial charge in [0.15, 0.2) is 0 Å². The summed E-state index contributed by atoms with van der Waals surface area (Å²) in [5, 5.41) is 6.57. The highest BCUT2D eigenvalue weighted by Gasteiger charge is 2.30. The van der Waals surface area contributed by atoms with E-state index in [9.17, 15) is 13.2 Å². The van der Waals surface area contributed by atoms with E-state index in [-0.39, 0.29) is 5.82 Å². The van der Waals surface area contributed by atoms with Crippen LogP contribution >= 0.6 is 11.3 Å². The van der Waals surface area contributed by atoms with Gasteiger partial charge in [-0.2, -0.15) is 18.2 Å². The number of benzene rings is 2. The van der Waals surface area contributed by atoms with E-state index in [0.29, 0.717) is 17.9 Å². The molecule has 0 aliphatic heterocycles. The summed E-state index contributed by atoms with van der Waals surface area (Å²) in [5.41, 5.74) is 1.47. The number of aromatic nitrogens is 3. The summed E-state index contributed by atoms with van der Waals surface area (Å²) in [6.07, 6.45) is -4.05. The van der Waals surface area contributed by atoms with Crippen molar-refractivity contribution in [3.63, 3.8) is 0 Å². The van der Waals surface area contributed by atoms with E-state index in [0.717, 1.165) is 34.1 Å². The van der Waals surface area contributed by atoms with Gasteiger partial charge in [-0.25, -0.2) is 4.98 Å². The van der Waals surface area contributed by atoms with Gasteiger partial charge in [0.05, 0.1) is 24.8 Å². The molecule has 0 aliphatic carbocycles. The molecular weight excluding hydrogens is 403 g/mol. The highest BCUT2D eigenvalue weighted by Crippen LogP contribution is 2.31. The topological polar surface area (TPSA) is 61.0 Å². The first-order valence-corrected chi connectivity index (χ1v) is 9.39. The van der Waals surface area contributed by atoms with Crippen LogP contribution < -0.4 is 4.74 Å². The summed E-state index contributed by atoms with van der Waals surface area (Å²) in [5.74, 6) is 1.32. The molecule has 4 rings (SSSR count). The summed E-state index contributed by atoms with van der Waals surface area (Å²) in [6, 6.07) is 12.2. The summed E-state index contributed by atoms with van der Waals surface area (Å²) >= 11 is 1.46. The fourth-order valence-corrected chi connectivity index (χ4v) is 3.48. The quantitative estimate of drug-likeness (QED) is 0.430. The Morgan fingerprint density at radius 2 is 1.83 bits per heavy atom. The average Bonchev–Trinajstić information content (AvgIpc) is 3.38. The Labute approximate surface area is 167 Å². The molecule has 0 spiro atoms. The molecule has 4 aromatic rings. The second-order valence-electron chi connectivity index (χ2n) is 6.12. The van der Waals surface area contributed by atoms with Crippen molar-refractivity contribution in [3.05, 3.63) is 70.4 Å². The molecule has 2 aromatic carbocycles.